The van der Waals surface area contributed by atoms with Crippen molar-refractivity contribution in [1.29, 1.82) is 0 Å². The number of rotatable bonds is 3. The molecule has 0 saturated heterocycles. The summed E-state index contributed by atoms with van der Waals surface area (Å²) in [4.78, 5) is 21.7. The number of nitrogens with zero attached hydrogens (tertiary/aromatic N) is 4. The summed E-state index contributed by atoms with van der Waals surface area (Å²) < 4.78 is 1.67. The number of imidazole rings is 1. The van der Waals surface area contributed by atoms with E-state index in [-0.39, 0.29) is 10.9 Å². The van der Waals surface area contributed by atoms with Crippen LogP contribution in [0.1, 0.15) is 16.2 Å². The molecule has 0 aliphatic heterocycles. The fourth-order valence-corrected chi connectivity index (χ4v) is 1.73. The molecule has 0 aromatic carbocycles. The maximum atomic E-state index is 11.7. The second-order valence-electron chi connectivity index (χ2n) is 4.09. The summed E-state index contributed by atoms with van der Waals surface area (Å²) in [5.74, 6) is 0.976. The Morgan fingerprint density at radius 2 is 2.11 bits per heavy atom. The largest absolute Gasteiger partial charge is 0.387 e. The van der Waals surface area contributed by atoms with E-state index in [9.17, 15) is 4.79 Å². The number of amides is 1. The van der Waals surface area contributed by atoms with Gasteiger partial charge in [-0.25, -0.2) is 9.97 Å². The van der Waals surface area contributed by atoms with Crippen molar-refractivity contribution in [2.45, 2.75) is 0 Å². The van der Waals surface area contributed by atoms with Gasteiger partial charge in [0.05, 0.1) is 5.56 Å². The molecule has 2 heterocycles. The van der Waals surface area contributed by atoms with E-state index in [1.165, 1.54) is 11.1 Å². The molecule has 98 valence electrons. The number of pyridine rings is 1. The minimum atomic E-state index is -0.0979. The zero-order valence-corrected chi connectivity index (χ0v) is 11.4. The number of nitrogens with two attached hydrogens (primary N) is 1. The molecular weight excluding hydrogens is 262 g/mol. The molecule has 0 unspecified atom stereocenters. The highest BCUT2D eigenvalue weighted by atomic mass is 32.1. The molecule has 0 atom stereocenters. The summed E-state index contributed by atoms with van der Waals surface area (Å²) in [5, 5.41) is 0. The van der Waals surface area contributed by atoms with Gasteiger partial charge in [-0.15, -0.1) is 0 Å². The molecule has 0 aliphatic carbocycles. The molecular formula is C12H13N5OS. The van der Waals surface area contributed by atoms with Crippen LogP contribution in [0.25, 0.3) is 5.82 Å². The third kappa shape index (κ3) is 2.60. The maximum Gasteiger partial charge on any atom is 0.254 e. The lowest BCUT2D eigenvalue weighted by molar-refractivity contribution is 0.0827. The number of carbonyl (C=O) groups excluding carboxylic acids is 1. The van der Waals surface area contributed by atoms with Crippen molar-refractivity contribution in [1.82, 2.24) is 19.4 Å². The van der Waals surface area contributed by atoms with Gasteiger partial charge >= 0.3 is 0 Å². The average molecular weight is 275 g/mol. The maximum absolute atomic E-state index is 11.7. The number of hydrogen-bond donors (Lipinski definition) is 1. The minimum absolute atomic E-state index is 0.0979. The van der Waals surface area contributed by atoms with Crippen LogP contribution in [0.15, 0.2) is 30.7 Å². The molecule has 19 heavy (non-hydrogen) atoms. The lowest BCUT2D eigenvalue weighted by atomic mass is 10.2. The summed E-state index contributed by atoms with van der Waals surface area (Å²) >= 11 is 4.91. The van der Waals surface area contributed by atoms with E-state index in [2.05, 4.69) is 9.97 Å². The van der Waals surface area contributed by atoms with E-state index in [4.69, 9.17) is 18.0 Å². The summed E-state index contributed by atoms with van der Waals surface area (Å²) in [7, 11) is 3.38. The van der Waals surface area contributed by atoms with Gasteiger partial charge in [-0.1, -0.05) is 12.2 Å². The predicted octanol–water partition coefficient (Wildman–Crippen LogP) is 0.603. The average Bonchev–Trinajstić information content (AvgIpc) is 2.87. The Bertz CT molecular complexity index is 617. The zero-order chi connectivity index (χ0) is 14.0. The molecule has 1 amide bonds. The Balaban J connectivity index is 2.35. The van der Waals surface area contributed by atoms with Crippen LogP contribution in [0, 0.1) is 0 Å². The first-order valence-electron chi connectivity index (χ1n) is 5.52. The first kappa shape index (κ1) is 13.2. The van der Waals surface area contributed by atoms with Crippen LogP contribution in [-0.4, -0.2) is 44.4 Å². The van der Waals surface area contributed by atoms with Gasteiger partial charge in [0.25, 0.3) is 5.91 Å². The van der Waals surface area contributed by atoms with Crippen LogP contribution >= 0.6 is 12.2 Å². The molecule has 7 heteroatoms. The van der Waals surface area contributed by atoms with E-state index in [1.807, 2.05) is 0 Å². The van der Waals surface area contributed by atoms with Crippen molar-refractivity contribution in [3.63, 3.8) is 0 Å². The molecule has 0 spiro atoms. The minimum Gasteiger partial charge on any atom is -0.387 e. The van der Waals surface area contributed by atoms with Gasteiger partial charge in [0.1, 0.15) is 10.8 Å². The molecule has 0 aliphatic rings. The van der Waals surface area contributed by atoms with Gasteiger partial charge in [-0.05, 0) is 12.1 Å². The van der Waals surface area contributed by atoms with Crippen LogP contribution in [0.5, 0.6) is 0 Å². The first-order valence-corrected chi connectivity index (χ1v) is 5.92. The van der Waals surface area contributed by atoms with E-state index in [0.717, 1.165) is 0 Å². The molecule has 2 aromatic rings. The van der Waals surface area contributed by atoms with Crippen molar-refractivity contribution in [2.24, 2.45) is 5.73 Å². The fraction of sp³-hybridized carbons (Fsp3) is 0.167. The Morgan fingerprint density at radius 1 is 1.37 bits per heavy atom. The van der Waals surface area contributed by atoms with Gasteiger partial charge in [0.2, 0.25) is 0 Å². The Hall–Kier alpha value is -2.28. The fourth-order valence-electron chi connectivity index (χ4n) is 1.58. The summed E-state index contributed by atoms with van der Waals surface area (Å²) in [6.45, 7) is 0. The van der Waals surface area contributed by atoms with E-state index in [0.29, 0.717) is 17.2 Å². The third-order valence-electron chi connectivity index (χ3n) is 2.51. The highest BCUT2D eigenvalue weighted by Crippen LogP contribution is 2.10. The topological polar surface area (TPSA) is 77.0 Å². The number of thiocarbonyl (C=S) groups is 1. The van der Waals surface area contributed by atoms with Crippen LogP contribution in [-0.2, 0) is 0 Å². The second kappa shape index (κ2) is 5.15. The number of aromatic nitrogens is 3. The van der Waals surface area contributed by atoms with Crippen molar-refractivity contribution in [3.05, 3.63) is 42.1 Å². The smallest absolute Gasteiger partial charge is 0.254 e. The SMILES string of the molecule is CN(C)C(=O)c1ccc(-n2ccnc2C(N)=S)nc1. The molecule has 2 aromatic heterocycles. The molecule has 0 fully saturated rings. The molecule has 0 radical (unpaired) electrons. The van der Waals surface area contributed by atoms with Gasteiger partial charge in [-0.3, -0.25) is 9.36 Å². The van der Waals surface area contributed by atoms with E-state index >= 15 is 0 Å². The third-order valence-corrected chi connectivity index (χ3v) is 2.69. The van der Waals surface area contributed by atoms with Crippen molar-refractivity contribution in [3.8, 4) is 5.82 Å². The van der Waals surface area contributed by atoms with Gasteiger partial charge in [0.15, 0.2) is 5.82 Å². The van der Waals surface area contributed by atoms with Crippen molar-refractivity contribution < 1.29 is 4.79 Å². The zero-order valence-electron chi connectivity index (χ0n) is 10.6. The van der Waals surface area contributed by atoms with Crippen LogP contribution in [0.3, 0.4) is 0 Å². The molecule has 2 N–H and O–H groups in total. The monoisotopic (exact) mass is 275 g/mol. The van der Waals surface area contributed by atoms with Gasteiger partial charge < -0.3 is 10.6 Å². The van der Waals surface area contributed by atoms with E-state index in [1.54, 1.807) is 43.2 Å². The Morgan fingerprint density at radius 3 is 2.63 bits per heavy atom. The molecule has 0 saturated carbocycles. The first-order chi connectivity index (χ1) is 9.00. The summed E-state index contributed by atoms with van der Waals surface area (Å²) in [5.41, 5.74) is 6.09. The Labute approximate surface area is 115 Å². The number of carbonyl (C=O) groups is 1. The number of hydrogen-bond acceptors (Lipinski definition) is 4. The predicted molar refractivity (Wildman–Crippen MR) is 75.3 cm³/mol. The quantitative estimate of drug-likeness (QED) is 0.830. The summed E-state index contributed by atoms with van der Waals surface area (Å²) in [6, 6.07) is 3.42. The highest BCUT2D eigenvalue weighted by Gasteiger charge is 2.11. The Kier molecular flexibility index (Phi) is 3.57. The molecule has 0 bridgehead atoms. The van der Waals surface area contributed by atoms with Crippen LogP contribution in [0.2, 0.25) is 0 Å². The van der Waals surface area contributed by atoms with Crippen molar-refractivity contribution >= 4 is 23.1 Å². The van der Waals surface area contributed by atoms with Crippen molar-refractivity contribution in [2.75, 3.05) is 14.1 Å². The lowest BCUT2D eigenvalue weighted by Gasteiger charge is -2.10. The summed E-state index contributed by atoms with van der Waals surface area (Å²) in [6.07, 6.45) is 4.82. The second-order valence-corrected chi connectivity index (χ2v) is 4.53. The molecule has 2 rings (SSSR count). The van der Waals surface area contributed by atoms with Crippen LogP contribution in [0.4, 0.5) is 0 Å². The standard InChI is InChI=1S/C12H13N5OS/c1-16(2)12(18)8-3-4-9(15-7-8)17-6-5-14-11(17)10(13)19/h3-7H,1-2H3,(H2,13,19). The van der Waals surface area contributed by atoms with Crippen LogP contribution < -0.4 is 5.73 Å². The molecule has 6 nitrogen and oxygen atoms in total. The highest BCUT2D eigenvalue weighted by molar-refractivity contribution is 7.80. The van der Waals surface area contributed by atoms with Gasteiger partial charge in [-0.2, -0.15) is 0 Å². The lowest BCUT2D eigenvalue weighted by Crippen LogP contribution is -2.22. The van der Waals surface area contributed by atoms with E-state index < -0.39 is 0 Å². The normalized spacial score (nSPS) is 10.2. The van der Waals surface area contributed by atoms with Gasteiger partial charge in [0, 0.05) is 32.7 Å².